The van der Waals surface area contributed by atoms with E-state index in [9.17, 15) is 5.11 Å². The van der Waals surface area contributed by atoms with Crippen molar-refractivity contribution in [2.24, 2.45) is 5.92 Å². The van der Waals surface area contributed by atoms with Crippen LogP contribution in [0, 0.1) is 5.92 Å². The van der Waals surface area contributed by atoms with Gasteiger partial charge in [-0.05, 0) is 50.7 Å². The Balaban J connectivity index is 2.12. The highest BCUT2D eigenvalue weighted by atomic mass is 16.5. The van der Waals surface area contributed by atoms with Crippen molar-refractivity contribution in [2.45, 2.75) is 71.8 Å². The van der Waals surface area contributed by atoms with Crippen LogP contribution in [-0.2, 0) is 11.2 Å². The van der Waals surface area contributed by atoms with Crippen LogP contribution in [0.3, 0.4) is 0 Å². The molecular weight excluding hydrogens is 260 g/mol. The number of phenols is 1. The summed E-state index contributed by atoms with van der Waals surface area (Å²) in [6.07, 6.45) is 8.83. The second-order valence-electron chi connectivity index (χ2n) is 5.91. The Hall–Kier alpha value is -1.02. The predicted molar refractivity (Wildman–Crippen MR) is 89.8 cm³/mol. The molecule has 120 valence electrons. The van der Waals surface area contributed by atoms with Crippen molar-refractivity contribution in [2.75, 3.05) is 6.61 Å². The lowest BCUT2D eigenvalue weighted by Gasteiger charge is -2.22. The first-order chi connectivity index (χ1) is 10.2. The molecule has 0 heterocycles. The van der Waals surface area contributed by atoms with Gasteiger partial charge in [-0.2, -0.15) is 0 Å². The number of benzene rings is 1. The first kappa shape index (κ1) is 18.0. The van der Waals surface area contributed by atoms with Crippen molar-refractivity contribution in [1.29, 1.82) is 0 Å². The Kier molecular flexibility index (Phi) is 9.16. The highest BCUT2D eigenvalue weighted by molar-refractivity contribution is 5.31. The topological polar surface area (TPSA) is 29.5 Å². The van der Waals surface area contributed by atoms with E-state index in [0.717, 1.165) is 25.0 Å². The van der Waals surface area contributed by atoms with Crippen LogP contribution >= 0.6 is 0 Å². The van der Waals surface area contributed by atoms with Gasteiger partial charge in [0.05, 0.1) is 6.10 Å². The Labute approximate surface area is 130 Å². The zero-order valence-corrected chi connectivity index (χ0v) is 14.0. The number of aromatic hydroxyl groups is 1. The molecule has 0 aromatic heterocycles. The summed E-state index contributed by atoms with van der Waals surface area (Å²) in [6.45, 7) is 7.36. The van der Waals surface area contributed by atoms with E-state index in [1.807, 2.05) is 18.2 Å². The Bertz CT molecular complexity index is 376. The monoisotopic (exact) mass is 292 g/mol. The molecule has 0 saturated carbocycles. The lowest BCUT2D eigenvalue weighted by molar-refractivity contribution is 0.0279. The largest absolute Gasteiger partial charge is 0.508 e. The number of rotatable bonds is 11. The average molecular weight is 292 g/mol. The van der Waals surface area contributed by atoms with Crippen LogP contribution in [0.25, 0.3) is 0 Å². The third-order valence-electron chi connectivity index (χ3n) is 4.38. The van der Waals surface area contributed by atoms with Gasteiger partial charge in [-0.3, -0.25) is 0 Å². The van der Waals surface area contributed by atoms with Crippen molar-refractivity contribution >= 4 is 0 Å². The summed E-state index contributed by atoms with van der Waals surface area (Å²) >= 11 is 0. The minimum absolute atomic E-state index is 0.390. The average Bonchev–Trinajstić information content (AvgIpc) is 2.48. The summed E-state index contributed by atoms with van der Waals surface area (Å²) in [5.74, 6) is 1.14. The van der Waals surface area contributed by atoms with Gasteiger partial charge in [-0.1, -0.05) is 50.8 Å². The van der Waals surface area contributed by atoms with Gasteiger partial charge in [-0.15, -0.1) is 0 Å². The molecule has 2 atom stereocenters. The number of phenolic OH excluding ortho intramolecular Hbond substituents is 1. The van der Waals surface area contributed by atoms with Gasteiger partial charge < -0.3 is 9.84 Å². The van der Waals surface area contributed by atoms with E-state index in [1.165, 1.54) is 32.1 Å². The van der Waals surface area contributed by atoms with Gasteiger partial charge in [-0.25, -0.2) is 0 Å². The van der Waals surface area contributed by atoms with Crippen molar-refractivity contribution in [3.8, 4) is 5.75 Å². The third-order valence-corrected chi connectivity index (χ3v) is 4.38. The highest BCUT2D eigenvalue weighted by Gasteiger charge is 2.14. The molecule has 1 aromatic rings. The van der Waals surface area contributed by atoms with Crippen LogP contribution < -0.4 is 0 Å². The molecule has 0 aliphatic carbocycles. The molecule has 0 radical (unpaired) electrons. The Morgan fingerprint density at radius 1 is 1.05 bits per heavy atom. The van der Waals surface area contributed by atoms with E-state index >= 15 is 0 Å². The quantitative estimate of drug-likeness (QED) is 0.558. The molecule has 0 fully saturated rings. The number of ether oxygens (including phenoxy) is 1. The maximum absolute atomic E-state index is 9.72. The smallest absolute Gasteiger partial charge is 0.118 e. The fourth-order valence-corrected chi connectivity index (χ4v) is 2.97. The normalized spacial score (nSPS) is 14.0. The summed E-state index contributed by atoms with van der Waals surface area (Å²) < 4.78 is 5.72. The molecule has 0 spiro atoms. The van der Waals surface area contributed by atoms with Gasteiger partial charge in [0, 0.05) is 6.61 Å². The van der Waals surface area contributed by atoms with Crippen LogP contribution in [0.1, 0.15) is 64.9 Å². The standard InChI is InChI=1S/C19H32O2/c1-4-17(16(3)21-5-2)12-8-6-7-9-13-18-14-10-11-15-19(18)20/h10-11,14-17,20H,4-9,12-13H2,1-3H3. The molecule has 0 amide bonds. The molecule has 0 bridgehead atoms. The maximum Gasteiger partial charge on any atom is 0.118 e. The van der Waals surface area contributed by atoms with Crippen molar-refractivity contribution < 1.29 is 9.84 Å². The summed E-state index contributed by atoms with van der Waals surface area (Å²) in [5.41, 5.74) is 1.08. The first-order valence-corrected chi connectivity index (χ1v) is 8.57. The molecule has 1 N–H and O–H groups in total. The molecule has 2 nitrogen and oxygen atoms in total. The van der Waals surface area contributed by atoms with Gasteiger partial charge in [0.25, 0.3) is 0 Å². The lowest BCUT2D eigenvalue weighted by Crippen LogP contribution is -2.20. The van der Waals surface area contributed by atoms with Crippen LogP contribution in [-0.4, -0.2) is 17.8 Å². The molecule has 0 saturated heterocycles. The van der Waals surface area contributed by atoms with Crippen molar-refractivity contribution in [3.63, 3.8) is 0 Å². The van der Waals surface area contributed by atoms with Crippen molar-refractivity contribution in [3.05, 3.63) is 29.8 Å². The third kappa shape index (κ3) is 6.99. The minimum Gasteiger partial charge on any atom is -0.508 e. The van der Waals surface area contributed by atoms with E-state index < -0.39 is 0 Å². The SMILES string of the molecule is CCOC(C)C(CC)CCCCCCc1ccccc1O. The molecule has 1 rings (SSSR count). The summed E-state index contributed by atoms with van der Waals surface area (Å²) in [4.78, 5) is 0. The lowest BCUT2D eigenvalue weighted by atomic mass is 9.93. The van der Waals surface area contributed by atoms with E-state index in [-0.39, 0.29) is 0 Å². The molecular formula is C19H32O2. The molecule has 21 heavy (non-hydrogen) atoms. The van der Waals surface area contributed by atoms with Crippen LogP contribution in [0.2, 0.25) is 0 Å². The summed E-state index contributed by atoms with van der Waals surface area (Å²) in [6, 6.07) is 7.67. The van der Waals surface area contributed by atoms with E-state index in [2.05, 4.69) is 20.8 Å². The number of para-hydroxylation sites is 1. The molecule has 0 aliphatic rings. The Morgan fingerprint density at radius 2 is 1.76 bits per heavy atom. The number of unbranched alkanes of at least 4 members (excludes halogenated alkanes) is 3. The second kappa shape index (κ2) is 10.7. The predicted octanol–water partition coefficient (Wildman–Crippen LogP) is 5.34. The zero-order chi connectivity index (χ0) is 15.5. The summed E-state index contributed by atoms with van der Waals surface area (Å²) in [5, 5.41) is 9.72. The second-order valence-corrected chi connectivity index (χ2v) is 5.91. The van der Waals surface area contributed by atoms with Crippen LogP contribution in [0.4, 0.5) is 0 Å². The van der Waals surface area contributed by atoms with Gasteiger partial charge in [0.1, 0.15) is 5.75 Å². The minimum atomic E-state index is 0.390. The highest BCUT2D eigenvalue weighted by Crippen LogP contribution is 2.22. The Morgan fingerprint density at radius 3 is 2.43 bits per heavy atom. The van der Waals surface area contributed by atoms with E-state index in [0.29, 0.717) is 17.8 Å². The van der Waals surface area contributed by atoms with Gasteiger partial charge >= 0.3 is 0 Å². The molecule has 0 aliphatic heterocycles. The van der Waals surface area contributed by atoms with E-state index in [1.54, 1.807) is 6.07 Å². The number of aryl methyl sites for hydroxylation is 1. The fraction of sp³-hybridized carbons (Fsp3) is 0.684. The van der Waals surface area contributed by atoms with Gasteiger partial charge in [0.2, 0.25) is 0 Å². The van der Waals surface area contributed by atoms with Crippen molar-refractivity contribution in [1.82, 2.24) is 0 Å². The molecule has 1 aromatic carbocycles. The van der Waals surface area contributed by atoms with Gasteiger partial charge in [0.15, 0.2) is 0 Å². The molecule has 2 heteroatoms. The fourth-order valence-electron chi connectivity index (χ4n) is 2.97. The van der Waals surface area contributed by atoms with Crippen LogP contribution in [0.15, 0.2) is 24.3 Å². The summed E-state index contributed by atoms with van der Waals surface area (Å²) in [7, 11) is 0. The molecule has 2 unspecified atom stereocenters. The zero-order valence-electron chi connectivity index (χ0n) is 14.0. The van der Waals surface area contributed by atoms with Crippen LogP contribution in [0.5, 0.6) is 5.75 Å². The number of hydrogen-bond donors (Lipinski definition) is 1. The number of hydrogen-bond acceptors (Lipinski definition) is 2. The maximum atomic E-state index is 9.72. The first-order valence-electron chi connectivity index (χ1n) is 8.57. The van der Waals surface area contributed by atoms with E-state index in [4.69, 9.17) is 4.74 Å².